The first kappa shape index (κ1) is 46.8. The average Bonchev–Trinajstić information content (AvgIpc) is 3.74. The van der Waals surface area contributed by atoms with Gasteiger partial charge in [-0.1, -0.05) is 51.1 Å². The fraction of sp³-hybridized carbons (Fsp3) is 0.405. The van der Waals surface area contributed by atoms with E-state index in [-0.39, 0.29) is 49.2 Å². The van der Waals surface area contributed by atoms with Crippen LogP contribution >= 0.6 is 11.8 Å². The Morgan fingerprint density at radius 1 is 0.917 bits per heavy atom. The van der Waals surface area contributed by atoms with Gasteiger partial charge >= 0.3 is 5.97 Å². The van der Waals surface area contributed by atoms with Gasteiger partial charge in [-0.25, -0.2) is 8.78 Å². The number of nitrogens with two attached hydrogens (primary N) is 1. The number of halogens is 2. The first-order valence-corrected chi connectivity index (χ1v) is 20.5. The van der Waals surface area contributed by atoms with Crippen molar-refractivity contribution in [3.63, 3.8) is 0 Å². The Balaban J connectivity index is 1.53. The molecule has 0 saturated heterocycles. The molecule has 2 aromatic carbocycles. The zero-order valence-electron chi connectivity index (χ0n) is 33.7. The minimum atomic E-state index is -1.20. The van der Waals surface area contributed by atoms with Crippen molar-refractivity contribution in [1.82, 2.24) is 30.3 Å². The van der Waals surface area contributed by atoms with E-state index in [2.05, 4.69) is 16.0 Å². The fourth-order valence-electron chi connectivity index (χ4n) is 6.59. The molecule has 0 saturated carbocycles. The average molecular weight is 852 g/mol. The summed E-state index contributed by atoms with van der Waals surface area (Å²) in [5.74, 6) is -6.21. The highest BCUT2D eigenvalue weighted by atomic mass is 32.2. The van der Waals surface area contributed by atoms with E-state index in [4.69, 9.17) is 10.8 Å². The number of thioether (sulfide) groups is 1. The number of rotatable bonds is 22. The molecule has 0 unspecified atom stereocenters. The zero-order chi connectivity index (χ0) is 44.0. The lowest BCUT2D eigenvalue weighted by molar-refractivity contribution is -0.141. The van der Waals surface area contributed by atoms with Crippen LogP contribution < -0.4 is 21.7 Å². The van der Waals surface area contributed by atoms with Crippen LogP contribution in [-0.2, 0) is 40.1 Å². The number of nitrogens with one attached hydrogen (secondary N) is 3. The van der Waals surface area contributed by atoms with Crippen molar-refractivity contribution < 1.29 is 47.4 Å². The molecular weight excluding hydrogens is 801 g/mol. The number of hydrogen-bond acceptors (Lipinski definition) is 9. The number of imide groups is 1. The third-order valence-corrected chi connectivity index (χ3v) is 10.4. The molecule has 3 aromatic rings. The molecule has 2 heterocycles. The highest BCUT2D eigenvalue weighted by Crippen LogP contribution is 2.41. The Morgan fingerprint density at radius 2 is 1.60 bits per heavy atom. The maximum absolute atomic E-state index is 15.2. The van der Waals surface area contributed by atoms with Crippen molar-refractivity contribution in [2.75, 3.05) is 44.2 Å². The molecule has 0 bridgehead atoms. The van der Waals surface area contributed by atoms with Gasteiger partial charge in [-0.2, -0.15) is 0 Å². The predicted molar refractivity (Wildman–Crippen MR) is 221 cm³/mol. The van der Waals surface area contributed by atoms with E-state index in [1.165, 1.54) is 0 Å². The van der Waals surface area contributed by atoms with Gasteiger partial charge in [-0.15, -0.1) is 11.8 Å². The molecule has 0 radical (unpaired) electrons. The first-order chi connectivity index (χ1) is 28.5. The minimum Gasteiger partial charge on any atom is -0.481 e. The van der Waals surface area contributed by atoms with Gasteiger partial charge in [-0.05, 0) is 48.2 Å². The fourth-order valence-corrected chi connectivity index (χ4v) is 7.51. The molecule has 4 rings (SSSR count). The summed E-state index contributed by atoms with van der Waals surface area (Å²) in [6, 6.07) is 12.8. The number of nitrogens with zero attached hydrogens (tertiary/aromatic N) is 3. The molecule has 6 N–H and O–H groups in total. The Morgan fingerprint density at radius 3 is 2.25 bits per heavy atom. The quantitative estimate of drug-likeness (QED) is 0.0737. The number of carboxylic acid groups (broad SMARTS) is 1. The van der Waals surface area contributed by atoms with Gasteiger partial charge in [0.25, 0.3) is 11.8 Å². The standard InChI is InChI=1S/C42H51F2N7O8S/c1-42(2,3)40(33-20-28(30-21-29(43)10-11-31(30)44)23-49(33)22-27-8-5-4-6-9-27)50(19-7-16-45)38(56)26-60-25-32(48-34(52)12-15-39(57)58)41(59)47-18-17-46-35(53)24-51-36(54)13-14-37(51)55/h4-6,8-11,13-14,20-21,23,32,40H,7,12,15-19,22,24-26,45H2,1-3H3,(H,46,53)(H,47,59)(H,48,52)(H,57,58)/t32-,40-/m0/s1. The van der Waals surface area contributed by atoms with E-state index in [0.29, 0.717) is 24.2 Å². The normalized spacial score (nSPS) is 13.5. The summed E-state index contributed by atoms with van der Waals surface area (Å²) in [6.45, 7) is 6.10. The van der Waals surface area contributed by atoms with Gasteiger partial charge in [0.2, 0.25) is 23.6 Å². The Labute approximate surface area is 351 Å². The van der Waals surface area contributed by atoms with Gasteiger partial charge in [0.15, 0.2) is 0 Å². The summed E-state index contributed by atoms with van der Waals surface area (Å²) in [5, 5.41) is 16.7. The maximum atomic E-state index is 15.2. The predicted octanol–water partition coefficient (Wildman–Crippen LogP) is 2.99. The number of amides is 6. The number of carbonyl (C=O) groups excluding carboxylic acids is 6. The van der Waals surface area contributed by atoms with Crippen molar-refractivity contribution in [1.29, 1.82) is 0 Å². The maximum Gasteiger partial charge on any atom is 0.303 e. The second kappa shape index (κ2) is 21.9. The van der Waals surface area contributed by atoms with Crippen LogP contribution in [0.3, 0.4) is 0 Å². The number of aliphatic carboxylic acids is 1. The molecule has 1 aliphatic rings. The van der Waals surface area contributed by atoms with Crippen LogP contribution in [0.2, 0.25) is 0 Å². The third kappa shape index (κ3) is 13.6. The van der Waals surface area contributed by atoms with E-state index in [1.54, 1.807) is 17.2 Å². The molecular formula is C42H51F2N7O8S. The number of carbonyl (C=O) groups is 7. The largest absolute Gasteiger partial charge is 0.481 e. The van der Waals surface area contributed by atoms with Crippen LogP contribution in [-0.4, -0.2) is 111 Å². The number of aromatic nitrogens is 1. The van der Waals surface area contributed by atoms with Gasteiger partial charge < -0.3 is 36.3 Å². The van der Waals surface area contributed by atoms with Crippen LogP contribution in [0, 0.1) is 17.0 Å². The zero-order valence-corrected chi connectivity index (χ0v) is 34.6. The Bertz CT molecular complexity index is 2050. The molecule has 2 atom stereocenters. The SMILES string of the molecule is CC(C)(C)[C@H](c1cc(-c2cc(F)ccc2F)cn1Cc1ccccc1)N(CCCN)C(=O)CSC[C@H](NC(=O)CCC(=O)O)C(=O)NCCNC(=O)CN1C(=O)C=CC1=O. The summed E-state index contributed by atoms with van der Waals surface area (Å²) in [5.41, 5.74) is 7.44. The molecule has 322 valence electrons. The van der Waals surface area contributed by atoms with Crippen LogP contribution in [0.1, 0.15) is 57.3 Å². The topological polar surface area (TPSA) is 213 Å². The van der Waals surface area contributed by atoms with Gasteiger partial charge in [0.1, 0.15) is 24.2 Å². The highest BCUT2D eigenvalue weighted by Gasteiger charge is 2.37. The molecule has 0 aliphatic carbocycles. The molecule has 60 heavy (non-hydrogen) atoms. The van der Waals surface area contributed by atoms with Crippen molar-refractivity contribution in [3.05, 3.63) is 95.8 Å². The Hall–Kier alpha value is -5.88. The molecule has 1 aromatic heterocycles. The summed E-state index contributed by atoms with van der Waals surface area (Å²) in [6.07, 6.45) is 3.41. The Kier molecular flexibility index (Phi) is 17.1. The highest BCUT2D eigenvalue weighted by molar-refractivity contribution is 8.00. The monoisotopic (exact) mass is 851 g/mol. The first-order valence-electron chi connectivity index (χ1n) is 19.3. The second-order valence-corrected chi connectivity index (χ2v) is 16.2. The van der Waals surface area contributed by atoms with Crippen molar-refractivity contribution >= 4 is 53.2 Å². The van der Waals surface area contributed by atoms with E-state index in [0.717, 1.165) is 52.6 Å². The number of hydrogen-bond donors (Lipinski definition) is 5. The minimum absolute atomic E-state index is 0.0656. The van der Waals surface area contributed by atoms with Crippen LogP contribution in [0.5, 0.6) is 0 Å². The van der Waals surface area contributed by atoms with Crippen molar-refractivity contribution in [3.8, 4) is 11.1 Å². The number of benzene rings is 2. The molecule has 6 amide bonds. The van der Waals surface area contributed by atoms with Gasteiger partial charge in [0, 0.05) is 73.5 Å². The lowest BCUT2D eigenvalue weighted by Crippen LogP contribution is -2.50. The van der Waals surface area contributed by atoms with Crippen LogP contribution in [0.25, 0.3) is 11.1 Å². The summed E-state index contributed by atoms with van der Waals surface area (Å²) < 4.78 is 31.5. The smallest absolute Gasteiger partial charge is 0.303 e. The van der Waals surface area contributed by atoms with E-state index < -0.39 is 84.0 Å². The van der Waals surface area contributed by atoms with E-state index in [1.807, 2.05) is 55.7 Å². The lowest BCUT2D eigenvalue weighted by Gasteiger charge is -2.41. The number of carboxylic acids is 1. The summed E-state index contributed by atoms with van der Waals surface area (Å²) in [4.78, 5) is 89.7. The van der Waals surface area contributed by atoms with E-state index >= 15 is 4.39 Å². The summed E-state index contributed by atoms with van der Waals surface area (Å²) >= 11 is 1.07. The molecule has 15 nitrogen and oxygen atoms in total. The summed E-state index contributed by atoms with van der Waals surface area (Å²) in [7, 11) is 0. The van der Waals surface area contributed by atoms with Crippen LogP contribution in [0.15, 0.2) is 72.9 Å². The van der Waals surface area contributed by atoms with Gasteiger partial charge in [0.05, 0.1) is 18.2 Å². The van der Waals surface area contributed by atoms with Crippen molar-refractivity contribution in [2.45, 2.75) is 58.7 Å². The van der Waals surface area contributed by atoms with E-state index in [9.17, 15) is 38.0 Å². The van der Waals surface area contributed by atoms with Gasteiger partial charge in [-0.3, -0.25) is 38.5 Å². The lowest BCUT2D eigenvalue weighted by atomic mass is 9.83. The third-order valence-electron chi connectivity index (χ3n) is 9.38. The molecule has 1 aliphatic heterocycles. The molecule has 18 heteroatoms. The van der Waals surface area contributed by atoms with Crippen LogP contribution in [0.4, 0.5) is 8.78 Å². The molecule has 0 spiro atoms. The van der Waals surface area contributed by atoms with Crippen molar-refractivity contribution in [2.24, 2.45) is 11.1 Å². The molecule has 0 fully saturated rings. The second-order valence-electron chi connectivity index (χ2n) is 15.2.